The van der Waals surface area contributed by atoms with Crippen molar-refractivity contribution in [3.05, 3.63) is 27.9 Å². The zero-order chi connectivity index (χ0) is 13.2. The zero-order valence-corrected chi connectivity index (χ0v) is 9.08. The van der Waals surface area contributed by atoms with E-state index < -0.39 is 22.4 Å². The third kappa shape index (κ3) is 3.30. The third-order valence-corrected chi connectivity index (χ3v) is 1.82. The van der Waals surface area contributed by atoms with Crippen molar-refractivity contribution in [2.24, 2.45) is 0 Å². The summed E-state index contributed by atoms with van der Waals surface area (Å²) in [4.78, 5) is 13.2. The number of aromatic nitrogens is 1. The minimum atomic E-state index is -4.64. The monoisotopic (exact) mass is 249 g/mol. The third-order valence-electron chi connectivity index (χ3n) is 1.82. The Kier molecular flexibility index (Phi) is 3.54. The molecule has 1 N–H and O–H groups in total. The summed E-state index contributed by atoms with van der Waals surface area (Å²) >= 11 is 0. The van der Waals surface area contributed by atoms with Crippen molar-refractivity contribution in [1.82, 2.24) is 4.98 Å². The second kappa shape index (κ2) is 4.56. The van der Waals surface area contributed by atoms with Crippen LogP contribution in [0.25, 0.3) is 0 Å². The largest absolute Gasteiger partial charge is 0.418 e. The molecule has 0 spiro atoms. The van der Waals surface area contributed by atoms with Crippen molar-refractivity contribution < 1.29 is 18.1 Å². The molecular weight excluding hydrogens is 239 g/mol. The molecule has 1 aromatic rings. The maximum absolute atomic E-state index is 12.3. The molecule has 0 atom stereocenters. The Hall–Kier alpha value is -1.86. The van der Waals surface area contributed by atoms with Crippen LogP contribution in [0.15, 0.2) is 12.3 Å². The second-order valence-corrected chi connectivity index (χ2v) is 3.65. The van der Waals surface area contributed by atoms with Crippen LogP contribution in [0.1, 0.15) is 19.4 Å². The lowest BCUT2D eigenvalue weighted by molar-refractivity contribution is -0.384. The van der Waals surface area contributed by atoms with Gasteiger partial charge in [-0.3, -0.25) is 10.1 Å². The van der Waals surface area contributed by atoms with Gasteiger partial charge in [-0.25, -0.2) is 4.98 Å². The van der Waals surface area contributed by atoms with Gasteiger partial charge in [-0.1, -0.05) is 0 Å². The summed E-state index contributed by atoms with van der Waals surface area (Å²) in [7, 11) is 0. The van der Waals surface area contributed by atoms with Gasteiger partial charge in [-0.05, 0) is 13.8 Å². The maximum atomic E-state index is 12.3. The number of alkyl halides is 3. The van der Waals surface area contributed by atoms with Gasteiger partial charge in [-0.15, -0.1) is 0 Å². The summed E-state index contributed by atoms with van der Waals surface area (Å²) in [5.41, 5.74) is -1.83. The number of nitro groups is 1. The first-order valence-corrected chi connectivity index (χ1v) is 4.70. The van der Waals surface area contributed by atoms with Gasteiger partial charge in [-0.2, -0.15) is 13.2 Å². The van der Waals surface area contributed by atoms with E-state index in [0.717, 1.165) is 0 Å². The molecule has 0 bridgehead atoms. The highest BCUT2D eigenvalue weighted by Crippen LogP contribution is 2.33. The van der Waals surface area contributed by atoms with Crippen LogP contribution in [0, 0.1) is 10.1 Å². The molecule has 17 heavy (non-hydrogen) atoms. The van der Waals surface area contributed by atoms with Crippen LogP contribution in [-0.2, 0) is 6.18 Å². The lowest BCUT2D eigenvalue weighted by atomic mass is 10.2. The maximum Gasteiger partial charge on any atom is 0.418 e. The lowest BCUT2D eigenvalue weighted by Gasteiger charge is -2.11. The van der Waals surface area contributed by atoms with Crippen LogP contribution in [0.2, 0.25) is 0 Å². The SMILES string of the molecule is CC(C)Nc1ncc(C(F)(F)F)cc1[N+](=O)[O-]. The van der Waals surface area contributed by atoms with E-state index in [9.17, 15) is 23.3 Å². The molecule has 0 aliphatic heterocycles. The van der Waals surface area contributed by atoms with Gasteiger partial charge >= 0.3 is 11.9 Å². The molecule has 1 rings (SSSR count). The molecule has 0 unspecified atom stereocenters. The quantitative estimate of drug-likeness (QED) is 0.660. The average Bonchev–Trinajstić information content (AvgIpc) is 2.15. The molecule has 1 aromatic heterocycles. The van der Waals surface area contributed by atoms with Crippen LogP contribution in [-0.4, -0.2) is 15.9 Å². The molecule has 0 saturated heterocycles. The van der Waals surface area contributed by atoms with Gasteiger partial charge in [0.15, 0.2) is 0 Å². The predicted octanol–water partition coefficient (Wildman–Crippen LogP) is 2.83. The highest BCUT2D eigenvalue weighted by atomic mass is 19.4. The molecule has 0 radical (unpaired) electrons. The van der Waals surface area contributed by atoms with Crippen molar-refractivity contribution in [3.63, 3.8) is 0 Å². The van der Waals surface area contributed by atoms with E-state index in [0.29, 0.717) is 12.3 Å². The van der Waals surface area contributed by atoms with E-state index in [-0.39, 0.29) is 11.9 Å². The Bertz CT molecular complexity index is 432. The Morgan fingerprint density at radius 2 is 2.06 bits per heavy atom. The van der Waals surface area contributed by atoms with Crippen molar-refractivity contribution in [3.8, 4) is 0 Å². The minimum absolute atomic E-state index is 0.169. The number of halogens is 3. The van der Waals surface area contributed by atoms with E-state index >= 15 is 0 Å². The van der Waals surface area contributed by atoms with Gasteiger partial charge in [0.1, 0.15) is 0 Å². The van der Waals surface area contributed by atoms with Gasteiger partial charge < -0.3 is 5.32 Å². The van der Waals surface area contributed by atoms with Crippen molar-refractivity contribution in [2.75, 3.05) is 5.32 Å². The van der Waals surface area contributed by atoms with Crippen LogP contribution in [0.3, 0.4) is 0 Å². The Labute approximate surface area is 94.8 Å². The van der Waals surface area contributed by atoms with E-state index in [1.54, 1.807) is 13.8 Å². The fourth-order valence-electron chi connectivity index (χ4n) is 1.13. The van der Waals surface area contributed by atoms with Crippen molar-refractivity contribution in [2.45, 2.75) is 26.1 Å². The van der Waals surface area contributed by atoms with Gasteiger partial charge in [0.05, 0.1) is 10.5 Å². The molecule has 1 heterocycles. The summed E-state index contributed by atoms with van der Waals surface area (Å²) in [5, 5.41) is 13.3. The fraction of sp³-hybridized carbons (Fsp3) is 0.444. The standard InChI is InChI=1S/C9H10F3N3O2/c1-5(2)14-8-7(15(16)17)3-6(4-13-8)9(10,11)12/h3-5H,1-2H3,(H,13,14). The molecule has 0 saturated carbocycles. The number of hydrogen-bond acceptors (Lipinski definition) is 4. The Morgan fingerprint density at radius 3 is 2.47 bits per heavy atom. The van der Waals surface area contributed by atoms with Gasteiger partial charge in [0.25, 0.3) is 0 Å². The number of anilines is 1. The fourth-order valence-corrected chi connectivity index (χ4v) is 1.13. The predicted molar refractivity (Wildman–Crippen MR) is 54.7 cm³/mol. The number of nitrogens with zero attached hydrogens (tertiary/aromatic N) is 2. The molecule has 0 aliphatic rings. The Balaban J connectivity index is 3.22. The summed E-state index contributed by atoms with van der Waals surface area (Å²) in [5.74, 6) is -0.169. The first-order chi connectivity index (χ1) is 7.71. The first-order valence-electron chi connectivity index (χ1n) is 4.70. The van der Waals surface area contributed by atoms with Gasteiger partial charge in [0, 0.05) is 18.3 Å². The summed E-state index contributed by atoms with van der Waals surface area (Å²) < 4.78 is 37.0. The number of hydrogen-bond donors (Lipinski definition) is 1. The molecule has 0 aliphatic carbocycles. The highest BCUT2D eigenvalue weighted by Gasteiger charge is 2.33. The first kappa shape index (κ1) is 13.2. The van der Waals surface area contributed by atoms with Gasteiger partial charge in [0.2, 0.25) is 5.82 Å². The smallest absolute Gasteiger partial charge is 0.362 e. The molecule has 0 amide bonds. The summed E-state index contributed by atoms with van der Waals surface area (Å²) in [6.45, 7) is 3.39. The van der Waals surface area contributed by atoms with Crippen LogP contribution >= 0.6 is 0 Å². The van der Waals surface area contributed by atoms with Crippen LogP contribution in [0.5, 0.6) is 0 Å². The Morgan fingerprint density at radius 1 is 1.47 bits per heavy atom. The number of nitrogens with one attached hydrogen (secondary N) is 1. The average molecular weight is 249 g/mol. The molecule has 5 nitrogen and oxygen atoms in total. The van der Waals surface area contributed by atoms with E-state index in [4.69, 9.17) is 0 Å². The lowest BCUT2D eigenvalue weighted by Crippen LogP contribution is -2.14. The van der Waals surface area contributed by atoms with Crippen LogP contribution < -0.4 is 5.32 Å². The van der Waals surface area contributed by atoms with Crippen molar-refractivity contribution in [1.29, 1.82) is 0 Å². The molecule has 94 valence electrons. The van der Waals surface area contributed by atoms with E-state index in [2.05, 4.69) is 10.3 Å². The van der Waals surface area contributed by atoms with E-state index in [1.165, 1.54) is 0 Å². The van der Waals surface area contributed by atoms with Crippen molar-refractivity contribution >= 4 is 11.5 Å². The normalized spacial score (nSPS) is 11.6. The summed E-state index contributed by atoms with van der Waals surface area (Å²) in [6.07, 6.45) is -4.08. The molecule has 0 fully saturated rings. The van der Waals surface area contributed by atoms with Crippen LogP contribution in [0.4, 0.5) is 24.7 Å². The van der Waals surface area contributed by atoms with E-state index in [1.807, 2.05) is 0 Å². The highest BCUT2D eigenvalue weighted by molar-refractivity contribution is 5.57. The second-order valence-electron chi connectivity index (χ2n) is 3.65. The minimum Gasteiger partial charge on any atom is -0.362 e. The number of rotatable bonds is 3. The number of pyridine rings is 1. The topological polar surface area (TPSA) is 68.1 Å². The molecular formula is C9H10F3N3O2. The molecule has 8 heteroatoms. The summed E-state index contributed by atoms with van der Waals surface area (Å²) in [6, 6.07) is 0.301. The zero-order valence-electron chi connectivity index (χ0n) is 9.08. The molecule has 0 aromatic carbocycles.